The predicted molar refractivity (Wildman–Crippen MR) is 86.6 cm³/mol. The molecule has 3 rings (SSSR count). The highest BCUT2D eigenvalue weighted by atomic mass is 35.5. The van der Waals surface area contributed by atoms with Crippen LogP contribution in [0.25, 0.3) is 0 Å². The molecule has 5 unspecified atom stereocenters. The second-order valence-corrected chi connectivity index (χ2v) is 6.44. The summed E-state index contributed by atoms with van der Waals surface area (Å²) in [5.74, 6) is -1.14. The third-order valence-corrected chi connectivity index (χ3v) is 4.88. The van der Waals surface area contributed by atoms with Crippen molar-refractivity contribution in [2.75, 3.05) is 4.90 Å². The number of aliphatic hydroxyl groups is 2. The fraction of sp³-hybridized carbons (Fsp3) is 0.429. The van der Waals surface area contributed by atoms with Crippen molar-refractivity contribution in [2.24, 2.45) is 11.7 Å². The van der Waals surface area contributed by atoms with E-state index in [9.17, 15) is 15.0 Å². The minimum absolute atomic E-state index is 0.103. The highest BCUT2D eigenvalue weighted by Gasteiger charge is 2.53. The molecule has 5 N–H and O–H groups in total. The van der Waals surface area contributed by atoms with Crippen LogP contribution in [0.5, 0.6) is 0 Å². The lowest BCUT2D eigenvalue weighted by Gasteiger charge is -2.40. The molecule has 1 aromatic carbocycles. The Morgan fingerprint density at radius 2 is 2.00 bits per heavy atom. The maximum atomic E-state index is 11.8. The monoisotopic (exact) mass is 341 g/mol. The Labute approximate surface area is 137 Å². The van der Waals surface area contributed by atoms with Crippen LogP contribution in [-0.4, -0.2) is 45.5 Å². The van der Waals surface area contributed by atoms with Gasteiger partial charge >= 0.3 is 0 Å². The maximum Gasteiger partial charge on any atom is 0.222 e. The second-order valence-electron chi connectivity index (χ2n) is 5.61. The predicted octanol–water partition coefficient (Wildman–Crippen LogP) is -0.00130. The SMILES string of the molecule is NC(=O)C1CC(O)C(O)C2NC(=S)N(c3ccc(Cl)cc3)C12. The van der Waals surface area contributed by atoms with Crippen LogP contribution in [0.1, 0.15) is 6.42 Å². The van der Waals surface area contributed by atoms with Gasteiger partial charge in [0.2, 0.25) is 5.91 Å². The van der Waals surface area contributed by atoms with Crippen molar-refractivity contribution in [1.29, 1.82) is 0 Å². The summed E-state index contributed by atoms with van der Waals surface area (Å²) in [5.41, 5.74) is 6.24. The van der Waals surface area contributed by atoms with Crippen LogP contribution >= 0.6 is 23.8 Å². The fourth-order valence-corrected chi connectivity index (χ4v) is 3.75. The third-order valence-electron chi connectivity index (χ3n) is 4.32. The fourth-order valence-electron chi connectivity index (χ4n) is 3.27. The van der Waals surface area contributed by atoms with E-state index in [0.29, 0.717) is 10.1 Å². The molecule has 1 heterocycles. The van der Waals surface area contributed by atoms with Gasteiger partial charge < -0.3 is 26.2 Å². The van der Waals surface area contributed by atoms with Crippen LogP contribution in [0.15, 0.2) is 24.3 Å². The van der Waals surface area contributed by atoms with Gasteiger partial charge in [-0.1, -0.05) is 11.6 Å². The molecule has 1 aromatic rings. The Morgan fingerprint density at radius 3 is 2.59 bits per heavy atom. The van der Waals surface area contributed by atoms with Gasteiger partial charge in [0, 0.05) is 10.7 Å². The van der Waals surface area contributed by atoms with Crippen molar-refractivity contribution in [3.05, 3.63) is 29.3 Å². The summed E-state index contributed by atoms with van der Waals surface area (Å²) in [4.78, 5) is 13.6. The van der Waals surface area contributed by atoms with Crippen molar-refractivity contribution < 1.29 is 15.0 Å². The number of fused-ring (bicyclic) bond motifs is 1. The summed E-state index contributed by atoms with van der Waals surface area (Å²) in [6, 6.07) is 6.02. The van der Waals surface area contributed by atoms with E-state index in [0.717, 1.165) is 5.69 Å². The molecule has 1 aliphatic heterocycles. The lowest BCUT2D eigenvalue weighted by Crippen LogP contribution is -2.60. The topological polar surface area (TPSA) is 98.8 Å². The van der Waals surface area contributed by atoms with Gasteiger partial charge in [0.05, 0.1) is 24.1 Å². The van der Waals surface area contributed by atoms with Crippen molar-refractivity contribution in [1.82, 2.24) is 5.32 Å². The number of thiocarbonyl (C=S) groups is 1. The van der Waals surface area contributed by atoms with Crippen molar-refractivity contribution in [3.63, 3.8) is 0 Å². The van der Waals surface area contributed by atoms with Crippen molar-refractivity contribution in [2.45, 2.75) is 30.7 Å². The minimum Gasteiger partial charge on any atom is -0.390 e. The quantitative estimate of drug-likeness (QED) is 0.565. The molecule has 5 atom stereocenters. The molecule has 1 saturated carbocycles. The second kappa shape index (κ2) is 5.66. The number of nitrogens with two attached hydrogens (primary N) is 1. The standard InChI is InChI=1S/C14H16ClN3O3S/c15-6-1-3-7(4-2-6)18-11-8(13(16)21)5-9(19)12(20)10(11)17-14(18)22/h1-4,8-12,19-20H,5H2,(H2,16,21)(H,17,22). The van der Waals surface area contributed by atoms with E-state index < -0.39 is 36.1 Å². The molecule has 1 amide bonds. The van der Waals surface area contributed by atoms with Gasteiger partial charge in [-0.25, -0.2) is 0 Å². The zero-order chi connectivity index (χ0) is 16.0. The van der Waals surface area contributed by atoms with Crippen LogP contribution in [-0.2, 0) is 4.79 Å². The summed E-state index contributed by atoms with van der Waals surface area (Å²) in [6.45, 7) is 0. The smallest absolute Gasteiger partial charge is 0.222 e. The van der Waals surface area contributed by atoms with E-state index in [4.69, 9.17) is 29.6 Å². The van der Waals surface area contributed by atoms with Gasteiger partial charge in [-0.2, -0.15) is 0 Å². The molecule has 0 radical (unpaired) electrons. The first-order valence-electron chi connectivity index (χ1n) is 6.91. The highest BCUT2D eigenvalue weighted by Crippen LogP contribution is 2.36. The number of halogens is 1. The number of amides is 1. The van der Waals surface area contributed by atoms with Gasteiger partial charge in [-0.05, 0) is 42.9 Å². The van der Waals surface area contributed by atoms with Crippen LogP contribution in [0.2, 0.25) is 5.02 Å². The molecular weight excluding hydrogens is 326 g/mol. The summed E-state index contributed by atoms with van der Waals surface area (Å²) < 4.78 is 0. The summed E-state index contributed by atoms with van der Waals surface area (Å²) in [6.07, 6.45) is -1.93. The number of primary amides is 1. The van der Waals surface area contributed by atoms with Crippen LogP contribution in [0, 0.1) is 5.92 Å². The number of hydrogen-bond acceptors (Lipinski definition) is 4. The molecule has 1 saturated heterocycles. The molecule has 2 aliphatic rings. The molecule has 0 spiro atoms. The van der Waals surface area contributed by atoms with E-state index in [1.54, 1.807) is 29.2 Å². The average Bonchev–Trinajstić information content (AvgIpc) is 2.81. The maximum absolute atomic E-state index is 11.8. The lowest BCUT2D eigenvalue weighted by atomic mass is 9.77. The zero-order valence-corrected chi connectivity index (χ0v) is 13.1. The zero-order valence-electron chi connectivity index (χ0n) is 11.5. The first-order chi connectivity index (χ1) is 10.4. The van der Waals surface area contributed by atoms with Crippen LogP contribution < -0.4 is 16.0 Å². The Hall–Kier alpha value is -1.41. The Balaban J connectivity index is 2.01. The number of nitrogens with one attached hydrogen (secondary N) is 1. The largest absolute Gasteiger partial charge is 0.390 e. The van der Waals surface area contributed by atoms with Crippen LogP contribution in [0.3, 0.4) is 0 Å². The van der Waals surface area contributed by atoms with Gasteiger partial charge in [-0.3, -0.25) is 4.79 Å². The Bertz CT molecular complexity index is 612. The van der Waals surface area contributed by atoms with E-state index >= 15 is 0 Å². The number of aliphatic hydroxyl groups excluding tert-OH is 2. The summed E-state index contributed by atoms with van der Waals surface area (Å²) in [7, 11) is 0. The molecule has 0 aromatic heterocycles. The van der Waals surface area contributed by atoms with Crippen molar-refractivity contribution >= 4 is 40.5 Å². The molecule has 1 aliphatic carbocycles. The van der Waals surface area contributed by atoms with Gasteiger partial charge in [0.25, 0.3) is 0 Å². The van der Waals surface area contributed by atoms with E-state index in [1.165, 1.54) is 0 Å². The number of nitrogens with zero attached hydrogens (tertiary/aromatic N) is 1. The first-order valence-corrected chi connectivity index (χ1v) is 7.69. The molecule has 0 bridgehead atoms. The highest BCUT2D eigenvalue weighted by molar-refractivity contribution is 7.80. The number of rotatable bonds is 2. The first kappa shape index (κ1) is 15.5. The normalized spacial score (nSPS) is 34.2. The molecule has 22 heavy (non-hydrogen) atoms. The van der Waals surface area contributed by atoms with Crippen molar-refractivity contribution in [3.8, 4) is 0 Å². The molecule has 118 valence electrons. The average molecular weight is 342 g/mol. The van der Waals surface area contributed by atoms with Crippen LogP contribution in [0.4, 0.5) is 5.69 Å². The van der Waals surface area contributed by atoms with E-state index in [1.807, 2.05) is 0 Å². The van der Waals surface area contributed by atoms with Gasteiger partial charge in [-0.15, -0.1) is 0 Å². The Kier molecular flexibility index (Phi) is 3.98. The van der Waals surface area contributed by atoms with Gasteiger partial charge in [0.1, 0.15) is 6.10 Å². The number of carbonyl (C=O) groups excluding carboxylic acids is 1. The lowest BCUT2D eigenvalue weighted by molar-refractivity contribution is -0.127. The number of benzene rings is 1. The minimum atomic E-state index is -1.02. The summed E-state index contributed by atoms with van der Waals surface area (Å²) in [5, 5.41) is 24.1. The van der Waals surface area contributed by atoms with E-state index in [2.05, 4.69) is 5.32 Å². The molecular formula is C14H16ClN3O3S. The number of hydrogen-bond donors (Lipinski definition) is 4. The summed E-state index contributed by atoms with van der Waals surface area (Å²) >= 11 is 11.2. The molecule has 2 fully saturated rings. The third kappa shape index (κ3) is 2.44. The Morgan fingerprint density at radius 1 is 1.36 bits per heavy atom. The molecule has 8 heteroatoms. The van der Waals surface area contributed by atoms with Gasteiger partial charge in [0.15, 0.2) is 5.11 Å². The number of carbonyl (C=O) groups is 1. The molecule has 6 nitrogen and oxygen atoms in total. The van der Waals surface area contributed by atoms with E-state index in [-0.39, 0.29) is 6.42 Å². The number of anilines is 1.